The number of pyridine rings is 1. The SMILES string of the molecule is CC1c2ccccc2-c2c3ccccc3cc[n+]2N1C. The molecule has 0 amide bonds. The molecule has 3 aromatic rings. The highest BCUT2D eigenvalue weighted by Crippen LogP contribution is 2.35. The number of benzene rings is 2. The second kappa shape index (κ2) is 4.07. The van der Waals surface area contributed by atoms with Crippen molar-refractivity contribution in [3.05, 3.63) is 66.4 Å². The van der Waals surface area contributed by atoms with Crippen LogP contribution in [0.4, 0.5) is 0 Å². The number of nitrogens with zero attached hydrogens (tertiary/aromatic N) is 2. The van der Waals surface area contributed by atoms with Crippen LogP contribution in [-0.2, 0) is 0 Å². The van der Waals surface area contributed by atoms with Crippen LogP contribution in [0.15, 0.2) is 60.8 Å². The maximum absolute atomic E-state index is 2.30. The first-order valence-corrected chi connectivity index (χ1v) is 7.03. The van der Waals surface area contributed by atoms with Crippen molar-refractivity contribution in [3.63, 3.8) is 0 Å². The smallest absolute Gasteiger partial charge is 0.176 e. The predicted molar refractivity (Wildman–Crippen MR) is 82.1 cm³/mol. The Kier molecular flexibility index (Phi) is 2.34. The van der Waals surface area contributed by atoms with Gasteiger partial charge >= 0.3 is 0 Å². The molecule has 2 heteroatoms. The summed E-state index contributed by atoms with van der Waals surface area (Å²) in [5, 5.41) is 4.89. The average Bonchev–Trinajstić information content (AvgIpc) is 2.51. The van der Waals surface area contributed by atoms with Crippen molar-refractivity contribution in [1.82, 2.24) is 0 Å². The van der Waals surface area contributed by atoms with Gasteiger partial charge in [0.1, 0.15) is 6.04 Å². The topological polar surface area (TPSA) is 7.12 Å². The standard InChI is InChI=1S/C18H17N2/c1-13-15-8-5-6-10-17(15)18-16-9-4-3-7-14(16)11-12-20(18)19(13)2/h3-13H,1-2H3/q+1. The first-order valence-electron chi connectivity index (χ1n) is 7.03. The van der Waals surface area contributed by atoms with Crippen molar-refractivity contribution < 1.29 is 4.68 Å². The van der Waals surface area contributed by atoms with Crippen molar-refractivity contribution in [3.8, 4) is 11.3 Å². The molecule has 1 atom stereocenters. The molecule has 1 aliphatic rings. The number of aromatic nitrogens is 1. The summed E-state index contributed by atoms with van der Waals surface area (Å²) in [5.74, 6) is 0. The Labute approximate surface area is 118 Å². The Balaban J connectivity index is 2.16. The quantitative estimate of drug-likeness (QED) is 0.562. The highest BCUT2D eigenvalue weighted by molar-refractivity contribution is 5.93. The number of hydrogen-bond donors (Lipinski definition) is 0. The van der Waals surface area contributed by atoms with Gasteiger partial charge in [-0.3, -0.25) is 0 Å². The molecule has 4 rings (SSSR count). The zero-order valence-electron chi connectivity index (χ0n) is 11.7. The van der Waals surface area contributed by atoms with Crippen LogP contribution in [-0.4, -0.2) is 7.05 Å². The Morgan fingerprint density at radius 3 is 2.60 bits per heavy atom. The Hall–Kier alpha value is -2.35. The molecule has 0 fully saturated rings. The van der Waals surface area contributed by atoms with Crippen LogP contribution in [0.2, 0.25) is 0 Å². The summed E-state index contributed by atoms with van der Waals surface area (Å²) in [5.41, 5.74) is 4.03. The molecule has 0 radical (unpaired) electrons. The van der Waals surface area contributed by atoms with Crippen molar-refractivity contribution in [1.29, 1.82) is 0 Å². The molecule has 2 heterocycles. The van der Waals surface area contributed by atoms with E-state index in [9.17, 15) is 0 Å². The Morgan fingerprint density at radius 1 is 0.950 bits per heavy atom. The molecule has 1 aliphatic heterocycles. The van der Waals surface area contributed by atoms with E-state index in [-0.39, 0.29) is 0 Å². The molecular formula is C18H17N2+. The van der Waals surface area contributed by atoms with Gasteiger partial charge in [0.05, 0.1) is 18.0 Å². The van der Waals surface area contributed by atoms with Crippen molar-refractivity contribution in [2.45, 2.75) is 13.0 Å². The number of fused-ring (bicyclic) bond motifs is 5. The number of hydrogen-bond acceptors (Lipinski definition) is 1. The van der Waals surface area contributed by atoms with Crippen LogP contribution in [0.25, 0.3) is 22.0 Å². The summed E-state index contributed by atoms with van der Waals surface area (Å²) in [7, 11) is 2.15. The fourth-order valence-electron chi connectivity index (χ4n) is 3.20. The van der Waals surface area contributed by atoms with Gasteiger partial charge in [0, 0.05) is 6.07 Å². The van der Waals surface area contributed by atoms with E-state index in [1.165, 1.54) is 27.6 Å². The van der Waals surface area contributed by atoms with E-state index in [1.807, 2.05) is 0 Å². The van der Waals surface area contributed by atoms with Crippen LogP contribution >= 0.6 is 0 Å². The average molecular weight is 261 g/mol. The maximum atomic E-state index is 2.30. The third kappa shape index (κ3) is 1.42. The minimum absolute atomic E-state index is 0.380. The van der Waals surface area contributed by atoms with Crippen molar-refractivity contribution in [2.75, 3.05) is 12.1 Å². The molecule has 20 heavy (non-hydrogen) atoms. The largest absolute Gasteiger partial charge is 0.250 e. The molecule has 1 unspecified atom stereocenters. The van der Waals surface area contributed by atoms with E-state index in [2.05, 4.69) is 84.5 Å². The van der Waals surface area contributed by atoms with E-state index >= 15 is 0 Å². The fourth-order valence-corrected chi connectivity index (χ4v) is 3.20. The zero-order valence-corrected chi connectivity index (χ0v) is 11.7. The van der Waals surface area contributed by atoms with Crippen molar-refractivity contribution in [2.24, 2.45) is 0 Å². The van der Waals surface area contributed by atoms with Gasteiger partial charge in [0.25, 0.3) is 5.69 Å². The Morgan fingerprint density at radius 2 is 1.70 bits per heavy atom. The lowest BCUT2D eigenvalue weighted by Crippen LogP contribution is -2.59. The van der Waals surface area contributed by atoms with E-state index in [0.717, 1.165) is 0 Å². The zero-order chi connectivity index (χ0) is 13.7. The van der Waals surface area contributed by atoms with Crippen LogP contribution < -0.4 is 9.69 Å². The highest BCUT2D eigenvalue weighted by Gasteiger charge is 2.33. The molecule has 0 saturated carbocycles. The minimum Gasteiger partial charge on any atom is -0.176 e. The van der Waals surface area contributed by atoms with Gasteiger partial charge in [0.2, 0.25) is 6.20 Å². The molecule has 98 valence electrons. The summed E-state index contributed by atoms with van der Waals surface area (Å²) in [6.45, 7) is 2.25. The first-order chi connectivity index (χ1) is 9.77. The highest BCUT2D eigenvalue weighted by atomic mass is 15.5. The number of rotatable bonds is 0. The molecule has 0 N–H and O–H groups in total. The van der Waals surface area contributed by atoms with Gasteiger partial charge in [-0.1, -0.05) is 41.1 Å². The lowest BCUT2D eigenvalue weighted by Gasteiger charge is -2.29. The molecule has 0 saturated heterocycles. The van der Waals surface area contributed by atoms with Gasteiger partial charge in [-0.2, -0.15) is 5.01 Å². The van der Waals surface area contributed by atoms with Gasteiger partial charge < -0.3 is 0 Å². The normalized spacial score (nSPS) is 16.9. The van der Waals surface area contributed by atoms with Crippen LogP contribution in [0.3, 0.4) is 0 Å². The second-order valence-electron chi connectivity index (χ2n) is 5.43. The molecule has 0 spiro atoms. The molecule has 2 aromatic carbocycles. The first kappa shape index (κ1) is 11.5. The van der Waals surface area contributed by atoms with Gasteiger partial charge in [-0.25, -0.2) is 0 Å². The summed E-state index contributed by atoms with van der Waals surface area (Å²) >= 11 is 0. The van der Waals surface area contributed by atoms with E-state index in [0.29, 0.717) is 6.04 Å². The van der Waals surface area contributed by atoms with Gasteiger partial charge in [-0.15, -0.1) is 0 Å². The van der Waals surface area contributed by atoms with Crippen LogP contribution in [0.1, 0.15) is 18.5 Å². The summed E-state index contributed by atoms with van der Waals surface area (Å²) in [6, 6.07) is 19.9. The molecule has 1 aromatic heterocycles. The predicted octanol–water partition coefficient (Wildman–Crippen LogP) is 3.44. The van der Waals surface area contributed by atoms with Gasteiger partial charge in [0.15, 0.2) is 0 Å². The van der Waals surface area contributed by atoms with E-state index in [4.69, 9.17) is 0 Å². The van der Waals surface area contributed by atoms with Crippen LogP contribution in [0.5, 0.6) is 0 Å². The van der Waals surface area contributed by atoms with E-state index < -0.39 is 0 Å². The second-order valence-corrected chi connectivity index (χ2v) is 5.43. The van der Waals surface area contributed by atoms with Gasteiger partial charge in [-0.05, 0) is 30.0 Å². The molecule has 0 bridgehead atoms. The lowest BCUT2D eigenvalue weighted by molar-refractivity contribution is -0.685. The fraction of sp³-hybridized carbons (Fsp3) is 0.167. The van der Waals surface area contributed by atoms with Crippen LogP contribution in [0, 0.1) is 0 Å². The van der Waals surface area contributed by atoms with Crippen molar-refractivity contribution >= 4 is 10.8 Å². The monoisotopic (exact) mass is 261 g/mol. The lowest BCUT2D eigenvalue weighted by atomic mass is 9.93. The maximum Gasteiger partial charge on any atom is 0.250 e. The Bertz CT molecular complexity index is 807. The summed E-state index contributed by atoms with van der Waals surface area (Å²) in [4.78, 5) is 0. The molecule has 2 nitrogen and oxygen atoms in total. The summed E-state index contributed by atoms with van der Waals surface area (Å²) in [6.07, 6.45) is 2.17. The minimum atomic E-state index is 0.380. The molecular weight excluding hydrogens is 244 g/mol. The summed E-state index contributed by atoms with van der Waals surface area (Å²) < 4.78 is 2.27. The van der Waals surface area contributed by atoms with E-state index in [1.54, 1.807) is 0 Å². The third-order valence-corrected chi connectivity index (χ3v) is 4.41. The third-order valence-electron chi connectivity index (χ3n) is 4.41. The molecule has 0 aliphatic carbocycles.